The molecular weight excluding hydrogens is 273 g/mol. The number of carbonyl (C=O) groups is 2. The van der Waals surface area contributed by atoms with E-state index < -0.39 is 24.0 Å². The smallest absolute Gasteiger partial charge is 0.368 e. The zero-order valence-corrected chi connectivity index (χ0v) is 11.2. The number of halogens is 3. The van der Waals surface area contributed by atoms with Gasteiger partial charge in [0, 0.05) is 24.8 Å². The van der Waals surface area contributed by atoms with Gasteiger partial charge in [-0.2, -0.15) is 13.2 Å². The molecule has 1 aliphatic rings. The van der Waals surface area contributed by atoms with Crippen LogP contribution in [0.4, 0.5) is 13.2 Å². The normalized spacial score (nSPS) is 21.7. The summed E-state index contributed by atoms with van der Waals surface area (Å²) >= 11 is 0. The van der Waals surface area contributed by atoms with E-state index in [2.05, 4.69) is 5.92 Å². The number of amides is 2. The number of carbonyl (C=O) groups excluding carboxylic acids is 2. The summed E-state index contributed by atoms with van der Waals surface area (Å²) in [7, 11) is 0. The maximum atomic E-state index is 12.0. The minimum atomic E-state index is -4.55. The van der Waals surface area contributed by atoms with Crippen LogP contribution in [-0.2, 0) is 9.59 Å². The molecule has 1 aliphatic heterocycles. The van der Waals surface area contributed by atoms with Gasteiger partial charge in [-0.05, 0) is 19.3 Å². The first kappa shape index (κ1) is 16.3. The molecule has 0 spiro atoms. The number of rotatable bonds is 3. The molecule has 0 aromatic rings. The first-order valence-corrected chi connectivity index (χ1v) is 6.42. The zero-order chi connectivity index (χ0) is 15.3. The van der Waals surface area contributed by atoms with Crippen molar-refractivity contribution in [3.8, 4) is 11.8 Å². The lowest BCUT2D eigenvalue weighted by atomic mass is 10.0. The molecule has 20 heavy (non-hydrogen) atoms. The van der Waals surface area contributed by atoms with Gasteiger partial charge in [-0.15, -0.1) is 0 Å². The third-order valence-corrected chi connectivity index (χ3v) is 3.20. The van der Waals surface area contributed by atoms with Gasteiger partial charge in [-0.1, -0.05) is 12.8 Å². The van der Waals surface area contributed by atoms with Gasteiger partial charge in [0.2, 0.25) is 11.8 Å². The zero-order valence-electron chi connectivity index (χ0n) is 11.2. The second-order valence-electron chi connectivity index (χ2n) is 4.72. The van der Waals surface area contributed by atoms with Crippen molar-refractivity contribution in [3.63, 3.8) is 0 Å². The predicted octanol–water partition coefficient (Wildman–Crippen LogP) is 1.44. The standard InChI is InChI=1S/C13H17F3N2O2/c1-2-10(12(17)20)18-7-3-4-9(8-11(18)19)5-6-13(14,15)16/h9-10H,2-4,7-8H2,1H3,(H2,17,20). The second-order valence-corrected chi connectivity index (χ2v) is 4.72. The van der Waals surface area contributed by atoms with Gasteiger partial charge in [0.15, 0.2) is 0 Å². The van der Waals surface area contributed by atoms with Crippen molar-refractivity contribution in [1.29, 1.82) is 0 Å². The van der Waals surface area contributed by atoms with Crippen LogP contribution in [-0.4, -0.2) is 35.5 Å². The van der Waals surface area contributed by atoms with E-state index in [0.29, 0.717) is 25.8 Å². The molecule has 1 heterocycles. The van der Waals surface area contributed by atoms with E-state index in [0.717, 1.165) is 0 Å². The first-order valence-electron chi connectivity index (χ1n) is 6.42. The molecule has 7 heteroatoms. The van der Waals surface area contributed by atoms with Crippen LogP contribution in [0.1, 0.15) is 32.6 Å². The number of nitrogens with two attached hydrogens (primary N) is 1. The van der Waals surface area contributed by atoms with Crippen LogP contribution in [0, 0.1) is 17.8 Å². The molecule has 2 N–H and O–H groups in total. The van der Waals surface area contributed by atoms with Gasteiger partial charge < -0.3 is 10.6 Å². The van der Waals surface area contributed by atoms with E-state index >= 15 is 0 Å². The summed E-state index contributed by atoms with van der Waals surface area (Å²) in [6.07, 6.45) is -3.35. The van der Waals surface area contributed by atoms with Crippen LogP contribution in [0.3, 0.4) is 0 Å². The average Bonchev–Trinajstić information content (AvgIpc) is 2.49. The maximum absolute atomic E-state index is 12.0. The largest absolute Gasteiger partial charge is 0.457 e. The minimum Gasteiger partial charge on any atom is -0.368 e. The van der Waals surface area contributed by atoms with Crippen LogP contribution in [0.2, 0.25) is 0 Å². The number of nitrogens with zero attached hydrogens (tertiary/aromatic N) is 1. The Morgan fingerprint density at radius 3 is 2.70 bits per heavy atom. The summed E-state index contributed by atoms with van der Waals surface area (Å²) in [5, 5.41) is 0. The van der Waals surface area contributed by atoms with Crippen molar-refractivity contribution >= 4 is 11.8 Å². The molecule has 0 bridgehead atoms. The predicted molar refractivity (Wildman–Crippen MR) is 66.2 cm³/mol. The molecule has 0 saturated carbocycles. The summed E-state index contributed by atoms with van der Waals surface area (Å²) in [5.41, 5.74) is 5.23. The summed E-state index contributed by atoms with van der Waals surface area (Å²) in [5.74, 6) is 1.72. The fourth-order valence-corrected chi connectivity index (χ4v) is 2.27. The van der Waals surface area contributed by atoms with Gasteiger partial charge in [0.25, 0.3) is 0 Å². The van der Waals surface area contributed by atoms with Crippen LogP contribution >= 0.6 is 0 Å². The summed E-state index contributed by atoms with van der Waals surface area (Å²) in [6, 6.07) is -0.697. The molecule has 0 aliphatic carbocycles. The molecule has 0 aromatic carbocycles. The van der Waals surface area contributed by atoms with Crippen LogP contribution in [0.5, 0.6) is 0 Å². The van der Waals surface area contributed by atoms with Gasteiger partial charge in [-0.25, -0.2) is 0 Å². The third-order valence-electron chi connectivity index (χ3n) is 3.20. The van der Waals surface area contributed by atoms with Gasteiger partial charge in [0.1, 0.15) is 6.04 Å². The minimum absolute atomic E-state index is 0.104. The molecule has 2 unspecified atom stereocenters. The molecule has 0 aromatic heterocycles. The molecule has 1 fully saturated rings. The maximum Gasteiger partial charge on any atom is 0.457 e. The Hall–Kier alpha value is -1.71. The number of primary amides is 1. The fourth-order valence-electron chi connectivity index (χ4n) is 2.27. The van der Waals surface area contributed by atoms with E-state index in [1.807, 2.05) is 0 Å². The Kier molecular flexibility index (Phi) is 5.43. The van der Waals surface area contributed by atoms with Crippen molar-refractivity contribution in [2.24, 2.45) is 11.7 Å². The van der Waals surface area contributed by atoms with Crippen molar-refractivity contribution in [3.05, 3.63) is 0 Å². The van der Waals surface area contributed by atoms with Crippen molar-refractivity contribution in [1.82, 2.24) is 4.90 Å². The molecule has 1 saturated heterocycles. The van der Waals surface area contributed by atoms with Crippen molar-refractivity contribution in [2.75, 3.05) is 6.54 Å². The monoisotopic (exact) mass is 290 g/mol. The molecule has 2 amide bonds. The van der Waals surface area contributed by atoms with Crippen LogP contribution in [0.25, 0.3) is 0 Å². The summed E-state index contributed by atoms with van der Waals surface area (Å²) < 4.78 is 36.1. The Bertz CT molecular complexity index is 437. The van der Waals surface area contributed by atoms with E-state index in [9.17, 15) is 22.8 Å². The average molecular weight is 290 g/mol. The lowest BCUT2D eigenvalue weighted by molar-refractivity contribution is -0.139. The highest BCUT2D eigenvalue weighted by Gasteiger charge is 2.31. The van der Waals surface area contributed by atoms with E-state index in [-0.39, 0.29) is 12.3 Å². The molecule has 2 atom stereocenters. The summed E-state index contributed by atoms with van der Waals surface area (Å²) in [4.78, 5) is 24.7. The molecule has 4 nitrogen and oxygen atoms in total. The number of alkyl halides is 3. The van der Waals surface area contributed by atoms with E-state index in [4.69, 9.17) is 5.73 Å². The number of hydrogen-bond acceptors (Lipinski definition) is 2. The fraction of sp³-hybridized carbons (Fsp3) is 0.692. The van der Waals surface area contributed by atoms with E-state index in [1.165, 1.54) is 10.8 Å². The molecule has 112 valence electrons. The second kappa shape index (κ2) is 6.64. The van der Waals surface area contributed by atoms with Crippen LogP contribution < -0.4 is 5.73 Å². The summed E-state index contributed by atoms with van der Waals surface area (Å²) in [6.45, 7) is 2.05. The number of likely N-dealkylation sites (tertiary alicyclic amines) is 1. The lowest BCUT2D eigenvalue weighted by Gasteiger charge is -2.27. The first-order chi connectivity index (χ1) is 9.24. The highest BCUT2D eigenvalue weighted by Crippen LogP contribution is 2.21. The van der Waals surface area contributed by atoms with Crippen LogP contribution in [0.15, 0.2) is 0 Å². The topological polar surface area (TPSA) is 63.4 Å². The van der Waals surface area contributed by atoms with Gasteiger partial charge in [0.05, 0.1) is 0 Å². The highest BCUT2D eigenvalue weighted by molar-refractivity contribution is 5.86. The Morgan fingerprint density at radius 1 is 1.55 bits per heavy atom. The third kappa shape index (κ3) is 4.76. The molecule has 0 radical (unpaired) electrons. The SMILES string of the molecule is CCC(C(N)=O)N1CCCC(C#CC(F)(F)F)CC1=O. The Labute approximate surface area is 115 Å². The van der Waals surface area contributed by atoms with Crippen molar-refractivity contribution in [2.45, 2.75) is 44.8 Å². The lowest BCUT2D eigenvalue weighted by Crippen LogP contribution is -2.47. The van der Waals surface area contributed by atoms with Gasteiger partial charge >= 0.3 is 6.18 Å². The Morgan fingerprint density at radius 2 is 2.20 bits per heavy atom. The van der Waals surface area contributed by atoms with E-state index in [1.54, 1.807) is 6.92 Å². The highest BCUT2D eigenvalue weighted by atomic mass is 19.4. The molecular formula is C13H17F3N2O2. The van der Waals surface area contributed by atoms with Gasteiger partial charge in [-0.3, -0.25) is 9.59 Å². The Balaban J connectivity index is 2.78. The van der Waals surface area contributed by atoms with Crippen molar-refractivity contribution < 1.29 is 22.8 Å². The molecule has 1 rings (SSSR count). The number of hydrogen-bond donors (Lipinski definition) is 1. The quantitative estimate of drug-likeness (QED) is 0.799.